The van der Waals surface area contributed by atoms with Crippen molar-refractivity contribution in [1.82, 2.24) is 10.6 Å². The van der Waals surface area contributed by atoms with Gasteiger partial charge < -0.3 is 10.6 Å². The van der Waals surface area contributed by atoms with Crippen molar-refractivity contribution >= 4 is 5.91 Å². The van der Waals surface area contributed by atoms with Gasteiger partial charge >= 0.3 is 0 Å². The molecule has 4 unspecified atom stereocenters. The van der Waals surface area contributed by atoms with Gasteiger partial charge in [-0.15, -0.1) is 0 Å². The second kappa shape index (κ2) is 5.85. The molecule has 3 heteroatoms. The first-order chi connectivity index (χ1) is 8.15. The second-order valence-electron chi connectivity index (χ2n) is 6.13. The normalized spacial score (nSPS) is 38.0. The third-order valence-electron chi connectivity index (χ3n) is 4.41. The fourth-order valence-corrected chi connectivity index (χ4v) is 3.30. The number of hydrogen-bond donors (Lipinski definition) is 2. The molecule has 2 aliphatic rings. The average Bonchev–Trinajstić information content (AvgIpc) is 2.75. The van der Waals surface area contributed by atoms with Crippen LogP contribution in [0, 0.1) is 17.8 Å². The molecule has 0 aromatic heterocycles. The van der Waals surface area contributed by atoms with Crippen molar-refractivity contribution in [3.8, 4) is 0 Å². The van der Waals surface area contributed by atoms with Gasteiger partial charge in [0.25, 0.3) is 0 Å². The summed E-state index contributed by atoms with van der Waals surface area (Å²) in [5.41, 5.74) is 0. The first kappa shape index (κ1) is 12.9. The van der Waals surface area contributed by atoms with E-state index in [1.807, 2.05) is 0 Å². The first-order valence-electron chi connectivity index (χ1n) is 7.15. The smallest absolute Gasteiger partial charge is 0.220 e. The van der Waals surface area contributed by atoms with Crippen molar-refractivity contribution < 1.29 is 4.79 Å². The van der Waals surface area contributed by atoms with Gasteiger partial charge in [0.05, 0.1) is 0 Å². The van der Waals surface area contributed by atoms with Crippen LogP contribution in [0.5, 0.6) is 0 Å². The van der Waals surface area contributed by atoms with Crippen LogP contribution in [0.3, 0.4) is 0 Å². The second-order valence-corrected chi connectivity index (χ2v) is 6.13. The molecule has 0 aromatic rings. The summed E-state index contributed by atoms with van der Waals surface area (Å²) in [5, 5.41) is 6.57. The summed E-state index contributed by atoms with van der Waals surface area (Å²) in [4.78, 5) is 12.0. The zero-order valence-electron chi connectivity index (χ0n) is 11.2. The van der Waals surface area contributed by atoms with Gasteiger partial charge in [-0.25, -0.2) is 0 Å². The van der Waals surface area contributed by atoms with Gasteiger partial charge in [0.15, 0.2) is 0 Å². The van der Waals surface area contributed by atoms with E-state index >= 15 is 0 Å². The van der Waals surface area contributed by atoms with E-state index in [9.17, 15) is 4.79 Å². The van der Waals surface area contributed by atoms with Crippen LogP contribution < -0.4 is 10.6 Å². The Morgan fingerprint density at radius 2 is 2.12 bits per heavy atom. The Hall–Kier alpha value is -0.570. The molecule has 1 aliphatic heterocycles. The number of carbonyl (C=O) groups is 1. The molecule has 1 saturated carbocycles. The predicted molar refractivity (Wildman–Crippen MR) is 69.7 cm³/mol. The van der Waals surface area contributed by atoms with E-state index in [0.29, 0.717) is 24.3 Å². The standard InChI is InChI=1S/C14H26N2O/c1-10-3-4-13(11(2)7-10)16-14(17)8-12-5-6-15-9-12/h10-13,15H,3-9H2,1-2H3,(H,16,17). The molecule has 1 saturated heterocycles. The van der Waals surface area contributed by atoms with Gasteiger partial charge in [-0.2, -0.15) is 0 Å². The Balaban J connectivity index is 1.73. The molecule has 0 aromatic carbocycles. The molecule has 0 spiro atoms. The highest BCUT2D eigenvalue weighted by Gasteiger charge is 2.27. The van der Waals surface area contributed by atoms with Crippen molar-refractivity contribution in [3.05, 3.63) is 0 Å². The van der Waals surface area contributed by atoms with E-state index in [4.69, 9.17) is 0 Å². The molecule has 2 fully saturated rings. The minimum atomic E-state index is 0.269. The van der Waals surface area contributed by atoms with Crippen molar-refractivity contribution in [1.29, 1.82) is 0 Å². The number of hydrogen-bond acceptors (Lipinski definition) is 2. The first-order valence-corrected chi connectivity index (χ1v) is 7.15. The molecule has 0 radical (unpaired) electrons. The summed E-state index contributed by atoms with van der Waals surface area (Å²) in [5.74, 6) is 2.31. The lowest BCUT2D eigenvalue weighted by Crippen LogP contribution is -2.43. The lowest BCUT2D eigenvalue weighted by atomic mass is 9.80. The maximum Gasteiger partial charge on any atom is 0.220 e. The Kier molecular flexibility index (Phi) is 4.43. The van der Waals surface area contributed by atoms with E-state index in [2.05, 4.69) is 24.5 Å². The van der Waals surface area contributed by atoms with Crippen LogP contribution in [-0.4, -0.2) is 25.0 Å². The predicted octanol–water partition coefficient (Wildman–Crippen LogP) is 1.93. The maximum atomic E-state index is 12.0. The van der Waals surface area contributed by atoms with Crippen molar-refractivity contribution in [3.63, 3.8) is 0 Å². The molecule has 3 nitrogen and oxygen atoms in total. The van der Waals surface area contributed by atoms with Crippen LogP contribution in [-0.2, 0) is 4.79 Å². The molecule has 4 atom stereocenters. The Morgan fingerprint density at radius 1 is 1.29 bits per heavy atom. The molecule has 98 valence electrons. The lowest BCUT2D eigenvalue weighted by Gasteiger charge is -2.33. The highest BCUT2D eigenvalue weighted by Crippen LogP contribution is 2.28. The summed E-state index contributed by atoms with van der Waals surface area (Å²) in [6, 6.07) is 0.424. The molecule has 2 rings (SSSR count). The number of rotatable bonds is 3. The van der Waals surface area contributed by atoms with Gasteiger partial charge in [-0.1, -0.05) is 13.8 Å². The van der Waals surface area contributed by atoms with Crippen LogP contribution in [0.1, 0.15) is 46.0 Å². The molecule has 17 heavy (non-hydrogen) atoms. The molecule has 1 aliphatic carbocycles. The summed E-state index contributed by atoms with van der Waals surface area (Å²) >= 11 is 0. The maximum absolute atomic E-state index is 12.0. The fraction of sp³-hybridized carbons (Fsp3) is 0.929. The van der Waals surface area contributed by atoms with Crippen LogP contribution in [0.2, 0.25) is 0 Å². The number of carbonyl (C=O) groups excluding carboxylic acids is 1. The van der Waals surface area contributed by atoms with E-state index in [1.165, 1.54) is 12.8 Å². The lowest BCUT2D eigenvalue weighted by molar-refractivity contribution is -0.123. The summed E-state index contributed by atoms with van der Waals surface area (Å²) < 4.78 is 0. The van der Waals surface area contributed by atoms with E-state index in [-0.39, 0.29) is 5.91 Å². The fourth-order valence-electron chi connectivity index (χ4n) is 3.30. The van der Waals surface area contributed by atoms with Crippen molar-refractivity contribution in [2.45, 2.75) is 52.0 Å². The largest absolute Gasteiger partial charge is 0.353 e. The van der Waals surface area contributed by atoms with E-state index < -0.39 is 0 Å². The Bertz CT molecular complexity index is 261. The Morgan fingerprint density at radius 3 is 2.76 bits per heavy atom. The number of nitrogens with one attached hydrogen (secondary N) is 2. The molecule has 1 amide bonds. The third-order valence-corrected chi connectivity index (χ3v) is 4.41. The average molecular weight is 238 g/mol. The molecular weight excluding hydrogens is 212 g/mol. The summed E-state index contributed by atoms with van der Waals surface area (Å²) in [6.07, 6.45) is 5.56. The Labute approximate surface area is 105 Å². The van der Waals surface area contributed by atoms with Gasteiger partial charge in [0, 0.05) is 12.5 Å². The minimum Gasteiger partial charge on any atom is -0.353 e. The van der Waals surface area contributed by atoms with E-state index in [0.717, 1.165) is 31.8 Å². The quantitative estimate of drug-likeness (QED) is 0.789. The molecule has 2 N–H and O–H groups in total. The molecule has 0 bridgehead atoms. The van der Waals surface area contributed by atoms with Crippen LogP contribution in [0.15, 0.2) is 0 Å². The minimum absolute atomic E-state index is 0.269. The number of amides is 1. The monoisotopic (exact) mass is 238 g/mol. The molecular formula is C14H26N2O. The zero-order valence-corrected chi connectivity index (χ0v) is 11.2. The SMILES string of the molecule is CC1CCC(NC(=O)CC2CCNC2)C(C)C1. The van der Waals surface area contributed by atoms with Gasteiger partial charge in [0.1, 0.15) is 0 Å². The zero-order chi connectivity index (χ0) is 12.3. The van der Waals surface area contributed by atoms with Crippen LogP contribution in [0.4, 0.5) is 0 Å². The summed E-state index contributed by atoms with van der Waals surface area (Å²) in [7, 11) is 0. The van der Waals surface area contributed by atoms with Crippen molar-refractivity contribution in [2.24, 2.45) is 17.8 Å². The van der Waals surface area contributed by atoms with Gasteiger partial charge in [0.2, 0.25) is 5.91 Å². The van der Waals surface area contributed by atoms with E-state index in [1.54, 1.807) is 0 Å². The van der Waals surface area contributed by atoms with Crippen LogP contribution >= 0.6 is 0 Å². The highest BCUT2D eigenvalue weighted by molar-refractivity contribution is 5.76. The summed E-state index contributed by atoms with van der Waals surface area (Å²) in [6.45, 7) is 6.69. The molecule has 1 heterocycles. The topological polar surface area (TPSA) is 41.1 Å². The van der Waals surface area contributed by atoms with Gasteiger partial charge in [-0.3, -0.25) is 4.79 Å². The third kappa shape index (κ3) is 3.70. The van der Waals surface area contributed by atoms with Gasteiger partial charge in [-0.05, 0) is 56.5 Å². The van der Waals surface area contributed by atoms with Crippen molar-refractivity contribution in [2.75, 3.05) is 13.1 Å². The highest BCUT2D eigenvalue weighted by atomic mass is 16.1. The van der Waals surface area contributed by atoms with Crippen LogP contribution in [0.25, 0.3) is 0 Å².